The smallest absolute Gasteiger partial charge is 0.263 e. The van der Waals surface area contributed by atoms with Crippen LogP contribution in [-0.4, -0.2) is 60.1 Å². The van der Waals surface area contributed by atoms with Crippen molar-refractivity contribution in [2.45, 2.75) is 26.9 Å². The SMILES string of the molecule is Cc1cc(C)cc(OC(C)C(=O)N2CCN(c3ccc(-c4ccc5c(c4)OCO5)nn3)CC2)c1. The van der Waals surface area contributed by atoms with Crippen LogP contribution in [0.3, 0.4) is 0 Å². The van der Waals surface area contributed by atoms with Crippen molar-refractivity contribution in [3.8, 4) is 28.5 Å². The fourth-order valence-electron chi connectivity index (χ4n) is 4.37. The number of aryl methyl sites for hydroxylation is 2. The monoisotopic (exact) mass is 460 g/mol. The maximum atomic E-state index is 12.9. The van der Waals surface area contributed by atoms with E-state index in [1.54, 1.807) is 0 Å². The Bertz CT molecular complexity index is 1170. The summed E-state index contributed by atoms with van der Waals surface area (Å²) in [7, 11) is 0. The third-order valence-corrected chi connectivity index (χ3v) is 6.09. The number of aromatic nitrogens is 2. The van der Waals surface area contributed by atoms with E-state index in [4.69, 9.17) is 14.2 Å². The average molecular weight is 461 g/mol. The van der Waals surface area contributed by atoms with Gasteiger partial charge in [-0.15, -0.1) is 10.2 Å². The highest BCUT2D eigenvalue weighted by Crippen LogP contribution is 2.35. The van der Waals surface area contributed by atoms with Gasteiger partial charge in [0.25, 0.3) is 5.91 Å². The predicted molar refractivity (Wildman–Crippen MR) is 128 cm³/mol. The van der Waals surface area contributed by atoms with E-state index in [9.17, 15) is 4.79 Å². The van der Waals surface area contributed by atoms with E-state index >= 15 is 0 Å². The highest BCUT2D eigenvalue weighted by atomic mass is 16.7. The molecule has 5 rings (SSSR count). The van der Waals surface area contributed by atoms with Crippen molar-refractivity contribution in [2.75, 3.05) is 37.9 Å². The minimum atomic E-state index is -0.534. The molecule has 34 heavy (non-hydrogen) atoms. The molecule has 1 atom stereocenters. The predicted octanol–water partition coefficient (Wildman–Crippen LogP) is 3.61. The third-order valence-electron chi connectivity index (χ3n) is 6.09. The van der Waals surface area contributed by atoms with Crippen molar-refractivity contribution in [3.63, 3.8) is 0 Å². The van der Waals surface area contributed by atoms with Crippen LogP contribution in [0.4, 0.5) is 5.82 Å². The maximum Gasteiger partial charge on any atom is 0.263 e. The Labute approximate surface area is 199 Å². The Hall–Kier alpha value is -3.81. The van der Waals surface area contributed by atoms with Crippen LogP contribution in [0.25, 0.3) is 11.3 Å². The number of hydrogen-bond donors (Lipinski definition) is 0. The Morgan fingerprint density at radius 2 is 1.65 bits per heavy atom. The fourth-order valence-corrected chi connectivity index (χ4v) is 4.37. The summed E-state index contributed by atoms with van der Waals surface area (Å²) < 4.78 is 16.8. The topological polar surface area (TPSA) is 77.0 Å². The van der Waals surface area contributed by atoms with Gasteiger partial charge in [-0.05, 0) is 74.4 Å². The number of rotatable bonds is 5. The molecule has 0 spiro atoms. The van der Waals surface area contributed by atoms with E-state index in [0.29, 0.717) is 26.2 Å². The molecule has 0 radical (unpaired) electrons. The second-order valence-corrected chi connectivity index (χ2v) is 8.74. The van der Waals surface area contributed by atoms with Crippen molar-refractivity contribution in [3.05, 3.63) is 59.7 Å². The molecule has 0 saturated carbocycles. The number of benzene rings is 2. The van der Waals surface area contributed by atoms with E-state index in [1.807, 2.05) is 68.1 Å². The molecular formula is C26H28N4O4. The number of hydrogen-bond acceptors (Lipinski definition) is 7. The van der Waals surface area contributed by atoms with Crippen LogP contribution in [0.15, 0.2) is 48.5 Å². The number of fused-ring (bicyclic) bond motifs is 1. The summed E-state index contributed by atoms with van der Waals surface area (Å²) >= 11 is 0. The van der Waals surface area contributed by atoms with Crippen LogP contribution >= 0.6 is 0 Å². The molecule has 2 aliphatic heterocycles. The first-order chi connectivity index (χ1) is 16.5. The Kier molecular flexibility index (Phi) is 5.96. The van der Waals surface area contributed by atoms with Gasteiger partial charge < -0.3 is 24.0 Å². The molecule has 1 saturated heterocycles. The Morgan fingerprint density at radius 1 is 0.912 bits per heavy atom. The molecular weight excluding hydrogens is 432 g/mol. The van der Waals surface area contributed by atoms with Gasteiger partial charge in [-0.2, -0.15) is 0 Å². The number of anilines is 1. The van der Waals surface area contributed by atoms with Crippen molar-refractivity contribution >= 4 is 11.7 Å². The second-order valence-electron chi connectivity index (χ2n) is 8.74. The Balaban J connectivity index is 1.17. The van der Waals surface area contributed by atoms with Gasteiger partial charge in [0.1, 0.15) is 5.75 Å². The van der Waals surface area contributed by atoms with Gasteiger partial charge in [0.05, 0.1) is 5.69 Å². The molecule has 0 N–H and O–H groups in total. The first-order valence-corrected chi connectivity index (χ1v) is 11.5. The quantitative estimate of drug-likeness (QED) is 0.576. The van der Waals surface area contributed by atoms with E-state index in [0.717, 1.165) is 45.5 Å². The zero-order chi connectivity index (χ0) is 23.7. The second kappa shape index (κ2) is 9.21. The van der Waals surface area contributed by atoms with Gasteiger partial charge in [-0.1, -0.05) is 6.07 Å². The number of amides is 1. The van der Waals surface area contributed by atoms with E-state index in [-0.39, 0.29) is 12.7 Å². The van der Waals surface area contributed by atoms with Gasteiger partial charge in [0.2, 0.25) is 6.79 Å². The van der Waals surface area contributed by atoms with E-state index in [2.05, 4.69) is 21.2 Å². The number of piperazine rings is 1. The molecule has 1 unspecified atom stereocenters. The summed E-state index contributed by atoms with van der Waals surface area (Å²) in [6.45, 7) is 8.73. The van der Waals surface area contributed by atoms with Gasteiger partial charge in [0.15, 0.2) is 23.4 Å². The number of nitrogens with zero attached hydrogens (tertiary/aromatic N) is 4. The van der Waals surface area contributed by atoms with Crippen molar-refractivity contribution in [2.24, 2.45) is 0 Å². The molecule has 1 amide bonds. The van der Waals surface area contributed by atoms with Crippen molar-refractivity contribution < 1.29 is 19.0 Å². The lowest BCUT2D eigenvalue weighted by molar-refractivity contribution is -0.138. The van der Waals surface area contributed by atoms with Gasteiger partial charge in [-0.25, -0.2) is 0 Å². The fraction of sp³-hybridized carbons (Fsp3) is 0.346. The van der Waals surface area contributed by atoms with Crippen LogP contribution in [0.1, 0.15) is 18.1 Å². The molecule has 0 aliphatic carbocycles. The summed E-state index contributed by atoms with van der Waals surface area (Å²) in [5, 5.41) is 8.83. The molecule has 1 fully saturated rings. The zero-order valence-corrected chi connectivity index (χ0v) is 19.7. The highest BCUT2D eigenvalue weighted by molar-refractivity contribution is 5.81. The van der Waals surface area contributed by atoms with E-state index in [1.165, 1.54) is 0 Å². The first-order valence-electron chi connectivity index (χ1n) is 11.5. The normalized spacial score (nSPS) is 15.9. The van der Waals surface area contributed by atoms with Gasteiger partial charge >= 0.3 is 0 Å². The molecule has 8 heteroatoms. The first kappa shape index (κ1) is 22.0. The number of carbonyl (C=O) groups is 1. The minimum absolute atomic E-state index is 0.00282. The molecule has 2 aromatic carbocycles. The van der Waals surface area contributed by atoms with Crippen molar-refractivity contribution in [1.29, 1.82) is 0 Å². The summed E-state index contributed by atoms with van der Waals surface area (Å²) in [5.41, 5.74) is 3.94. The maximum absolute atomic E-state index is 12.9. The Morgan fingerprint density at radius 3 is 2.35 bits per heavy atom. The zero-order valence-electron chi connectivity index (χ0n) is 19.7. The van der Waals surface area contributed by atoms with Gasteiger partial charge in [0, 0.05) is 31.7 Å². The summed E-state index contributed by atoms with van der Waals surface area (Å²) in [6, 6.07) is 15.7. The number of ether oxygens (including phenoxy) is 3. The summed E-state index contributed by atoms with van der Waals surface area (Å²) in [6.07, 6.45) is -0.534. The van der Waals surface area contributed by atoms with Crippen LogP contribution in [0.2, 0.25) is 0 Å². The van der Waals surface area contributed by atoms with Crippen LogP contribution < -0.4 is 19.1 Å². The highest BCUT2D eigenvalue weighted by Gasteiger charge is 2.27. The average Bonchev–Trinajstić information content (AvgIpc) is 3.31. The van der Waals surface area contributed by atoms with Crippen LogP contribution in [-0.2, 0) is 4.79 Å². The molecule has 0 bridgehead atoms. The molecule has 1 aromatic heterocycles. The van der Waals surface area contributed by atoms with Gasteiger partial charge in [-0.3, -0.25) is 4.79 Å². The molecule has 3 heterocycles. The molecule has 2 aliphatic rings. The van der Waals surface area contributed by atoms with Crippen LogP contribution in [0.5, 0.6) is 17.2 Å². The van der Waals surface area contributed by atoms with Crippen LogP contribution in [0, 0.1) is 13.8 Å². The lowest BCUT2D eigenvalue weighted by Crippen LogP contribution is -2.52. The minimum Gasteiger partial charge on any atom is -0.481 e. The lowest BCUT2D eigenvalue weighted by Gasteiger charge is -2.36. The molecule has 176 valence electrons. The summed E-state index contributed by atoms with van der Waals surface area (Å²) in [4.78, 5) is 16.9. The number of carbonyl (C=O) groups excluding carboxylic acids is 1. The largest absolute Gasteiger partial charge is 0.481 e. The lowest BCUT2D eigenvalue weighted by atomic mass is 10.1. The molecule has 3 aromatic rings. The third kappa shape index (κ3) is 4.62. The van der Waals surface area contributed by atoms with E-state index < -0.39 is 6.10 Å². The molecule has 8 nitrogen and oxygen atoms in total. The van der Waals surface area contributed by atoms with Crippen molar-refractivity contribution in [1.82, 2.24) is 15.1 Å². The summed E-state index contributed by atoms with van der Waals surface area (Å²) in [5.74, 6) is 3.00. The standard InChI is InChI=1S/C26H28N4O4/c1-17-12-18(2)14-21(13-17)34-19(3)26(31)30-10-8-29(9-11-30)25-7-5-22(27-28-25)20-4-6-23-24(15-20)33-16-32-23/h4-7,12-15,19H,8-11,16H2,1-3H3.